The number of aromatic nitrogens is 4. The Balaban J connectivity index is 1.41. The predicted octanol–water partition coefficient (Wildman–Crippen LogP) is 4.04. The molecule has 162 valence electrons. The molecule has 0 spiro atoms. The van der Waals surface area contributed by atoms with Gasteiger partial charge >= 0.3 is 0 Å². The zero-order valence-electron chi connectivity index (χ0n) is 18.2. The largest absolute Gasteiger partial charge is 0.355 e. The third-order valence-corrected chi connectivity index (χ3v) is 6.68. The Bertz CT molecular complexity index is 1290. The number of benzene rings is 1. The van der Waals surface area contributed by atoms with Crippen LogP contribution in [0.15, 0.2) is 61.1 Å². The highest BCUT2D eigenvalue weighted by atomic mass is 19.1. The quantitative estimate of drug-likeness (QED) is 0.435. The van der Waals surface area contributed by atoms with Gasteiger partial charge in [-0.2, -0.15) is 0 Å². The fourth-order valence-electron chi connectivity index (χ4n) is 4.84. The number of hydrogen-bond donors (Lipinski definition) is 0. The van der Waals surface area contributed by atoms with Crippen molar-refractivity contribution in [1.29, 1.82) is 0 Å². The van der Waals surface area contributed by atoms with Crippen molar-refractivity contribution in [3.63, 3.8) is 0 Å². The molecule has 6 rings (SSSR count). The zero-order chi connectivity index (χ0) is 21.8. The SMILES string of the molecule is CN(C)[C@H]1CCN(c2ccc3c(n2)Cn2cc(-c4ccc(F)cc4)cc2-c2nccn2-3)C1. The third kappa shape index (κ3) is 3.12. The molecule has 0 saturated carbocycles. The predicted molar refractivity (Wildman–Crippen MR) is 124 cm³/mol. The minimum absolute atomic E-state index is 0.228. The van der Waals surface area contributed by atoms with E-state index in [0.717, 1.165) is 59.4 Å². The number of anilines is 1. The number of fused-ring (bicyclic) bond motifs is 5. The van der Waals surface area contributed by atoms with Gasteiger partial charge in [0.05, 0.1) is 23.6 Å². The van der Waals surface area contributed by atoms with Crippen LogP contribution in [0.25, 0.3) is 28.3 Å². The fourth-order valence-corrected chi connectivity index (χ4v) is 4.84. The van der Waals surface area contributed by atoms with Crippen LogP contribution in [0.1, 0.15) is 12.1 Å². The minimum Gasteiger partial charge on any atom is -0.355 e. The standard InChI is InChI=1S/C25H25FN6/c1-29(2)20-9-11-30(15-20)24-8-7-22-21(28-24)16-31-14-18(17-3-5-19(26)6-4-17)13-23(31)25-27-10-12-32(22)25/h3-8,10,12-14,20H,9,11,15-16H2,1-2H3/t20-/m0/s1. The van der Waals surface area contributed by atoms with Crippen LogP contribution in [0, 0.1) is 5.82 Å². The van der Waals surface area contributed by atoms with Crippen molar-refractivity contribution in [2.75, 3.05) is 32.1 Å². The van der Waals surface area contributed by atoms with Crippen molar-refractivity contribution in [3.8, 4) is 28.3 Å². The van der Waals surface area contributed by atoms with Crippen molar-refractivity contribution in [1.82, 2.24) is 24.0 Å². The molecule has 2 aliphatic rings. The number of likely N-dealkylation sites (N-methyl/N-ethyl adjacent to an activating group) is 1. The molecule has 1 aromatic carbocycles. The molecule has 0 N–H and O–H groups in total. The average molecular weight is 429 g/mol. The van der Waals surface area contributed by atoms with E-state index < -0.39 is 0 Å². The van der Waals surface area contributed by atoms with Crippen LogP contribution >= 0.6 is 0 Å². The number of halogens is 1. The number of hydrogen-bond acceptors (Lipinski definition) is 4. The molecule has 0 aliphatic carbocycles. The van der Waals surface area contributed by atoms with Crippen LogP contribution in [0.2, 0.25) is 0 Å². The Labute approximate surface area is 186 Å². The first-order valence-electron chi connectivity index (χ1n) is 11.0. The van der Waals surface area contributed by atoms with Gasteiger partial charge in [0.2, 0.25) is 0 Å². The lowest BCUT2D eigenvalue weighted by molar-refractivity contribution is 0.315. The monoisotopic (exact) mass is 428 g/mol. The van der Waals surface area contributed by atoms with Crippen molar-refractivity contribution in [2.24, 2.45) is 0 Å². The molecule has 0 unspecified atom stereocenters. The Kier molecular flexibility index (Phi) is 4.40. The summed E-state index contributed by atoms with van der Waals surface area (Å²) in [7, 11) is 4.29. The van der Waals surface area contributed by atoms with E-state index in [0.29, 0.717) is 12.6 Å². The Morgan fingerprint density at radius 3 is 2.69 bits per heavy atom. The first-order valence-corrected chi connectivity index (χ1v) is 11.0. The van der Waals surface area contributed by atoms with Crippen LogP contribution < -0.4 is 4.90 Å². The molecule has 1 saturated heterocycles. The first kappa shape index (κ1) is 19.3. The highest BCUT2D eigenvalue weighted by Gasteiger charge is 2.27. The Morgan fingerprint density at radius 2 is 1.91 bits per heavy atom. The molecule has 0 bridgehead atoms. The summed E-state index contributed by atoms with van der Waals surface area (Å²) < 4.78 is 17.7. The van der Waals surface area contributed by atoms with Crippen molar-refractivity contribution >= 4 is 5.82 Å². The summed E-state index contributed by atoms with van der Waals surface area (Å²) in [6.07, 6.45) is 7.09. The molecule has 0 radical (unpaired) electrons. The summed E-state index contributed by atoms with van der Waals surface area (Å²) in [6.45, 7) is 2.68. The van der Waals surface area contributed by atoms with Crippen molar-refractivity contribution in [2.45, 2.75) is 19.0 Å². The average Bonchev–Trinajstić information content (AvgIpc) is 3.53. The third-order valence-electron chi connectivity index (χ3n) is 6.68. The van der Waals surface area contributed by atoms with Crippen LogP contribution in [0.3, 0.4) is 0 Å². The van der Waals surface area contributed by atoms with E-state index in [-0.39, 0.29) is 5.82 Å². The number of nitrogens with zero attached hydrogens (tertiary/aromatic N) is 6. The summed E-state index contributed by atoms with van der Waals surface area (Å²) in [6, 6.07) is 13.6. The smallest absolute Gasteiger partial charge is 0.161 e. The molecule has 6 nitrogen and oxygen atoms in total. The fraction of sp³-hybridized carbons (Fsp3) is 0.280. The normalized spacial score (nSPS) is 17.2. The van der Waals surface area contributed by atoms with E-state index in [1.807, 2.05) is 24.5 Å². The van der Waals surface area contributed by atoms with Crippen LogP contribution in [0.5, 0.6) is 0 Å². The lowest BCUT2D eigenvalue weighted by Crippen LogP contribution is -2.31. The van der Waals surface area contributed by atoms with E-state index in [1.54, 1.807) is 0 Å². The minimum atomic E-state index is -0.228. The summed E-state index contributed by atoms with van der Waals surface area (Å²) in [5.74, 6) is 1.69. The molecule has 1 atom stereocenters. The molecular formula is C25H25FN6. The molecule has 7 heteroatoms. The lowest BCUT2D eigenvalue weighted by atomic mass is 10.1. The van der Waals surface area contributed by atoms with Gasteiger partial charge in [-0.3, -0.25) is 4.57 Å². The Hall–Kier alpha value is -3.45. The topological polar surface area (TPSA) is 42.1 Å². The second kappa shape index (κ2) is 7.31. The van der Waals surface area contributed by atoms with E-state index in [9.17, 15) is 4.39 Å². The van der Waals surface area contributed by atoms with Gasteiger partial charge in [0.25, 0.3) is 0 Å². The molecular weight excluding hydrogens is 403 g/mol. The van der Waals surface area contributed by atoms with Crippen LogP contribution in [-0.4, -0.2) is 57.2 Å². The second-order valence-corrected chi connectivity index (χ2v) is 8.86. The van der Waals surface area contributed by atoms with Crippen molar-refractivity contribution < 1.29 is 4.39 Å². The van der Waals surface area contributed by atoms with Gasteiger partial charge < -0.3 is 14.4 Å². The van der Waals surface area contributed by atoms with Crippen LogP contribution in [0.4, 0.5) is 10.2 Å². The van der Waals surface area contributed by atoms with Crippen molar-refractivity contribution in [3.05, 3.63) is 72.6 Å². The van der Waals surface area contributed by atoms with Gasteiger partial charge in [-0.15, -0.1) is 0 Å². The van der Waals surface area contributed by atoms with E-state index in [4.69, 9.17) is 4.98 Å². The summed E-state index contributed by atoms with van der Waals surface area (Å²) >= 11 is 0. The maximum atomic E-state index is 13.4. The van der Waals surface area contributed by atoms with Gasteiger partial charge in [-0.1, -0.05) is 12.1 Å². The van der Waals surface area contributed by atoms with Gasteiger partial charge in [-0.25, -0.2) is 14.4 Å². The van der Waals surface area contributed by atoms with Gasteiger partial charge in [0.1, 0.15) is 11.6 Å². The highest BCUT2D eigenvalue weighted by Crippen LogP contribution is 2.34. The molecule has 1 fully saturated rings. The summed E-state index contributed by atoms with van der Waals surface area (Å²) in [5.41, 5.74) is 5.15. The first-order chi connectivity index (χ1) is 15.6. The number of pyridine rings is 1. The number of rotatable bonds is 3. The molecule has 5 heterocycles. The Morgan fingerprint density at radius 1 is 1.06 bits per heavy atom. The molecule has 0 amide bonds. The second-order valence-electron chi connectivity index (χ2n) is 8.86. The zero-order valence-corrected chi connectivity index (χ0v) is 18.2. The molecule has 3 aromatic heterocycles. The van der Waals surface area contributed by atoms with Gasteiger partial charge in [-0.05, 0) is 56.4 Å². The summed E-state index contributed by atoms with van der Waals surface area (Å²) in [4.78, 5) is 14.4. The van der Waals surface area contributed by atoms with E-state index in [2.05, 4.69) is 62.4 Å². The molecule has 4 aromatic rings. The maximum absolute atomic E-state index is 13.4. The van der Waals surface area contributed by atoms with E-state index in [1.165, 1.54) is 12.1 Å². The summed E-state index contributed by atoms with van der Waals surface area (Å²) in [5, 5.41) is 0. The molecule has 32 heavy (non-hydrogen) atoms. The molecule has 2 aliphatic heterocycles. The number of imidazole rings is 1. The highest BCUT2D eigenvalue weighted by molar-refractivity contribution is 5.71. The van der Waals surface area contributed by atoms with Gasteiger partial charge in [0, 0.05) is 43.3 Å². The van der Waals surface area contributed by atoms with E-state index >= 15 is 0 Å². The van der Waals surface area contributed by atoms with Gasteiger partial charge in [0.15, 0.2) is 5.82 Å². The maximum Gasteiger partial charge on any atom is 0.161 e. The van der Waals surface area contributed by atoms with Crippen LogP contribution in [-0.2, 0) is 6.54 Å². The lowest BCUT2D eigenvalue weighted by Gasteiger charge is -2.22.